The molecule has 0 aromatic rings. The smallest absolute Gasteiger partial charge is 0.237 e. The Balaban J connectivity index is 1.96. The van der Waals surface area contributed by atoms with Gasteiger partial charge in [0.2, 0.25) is 11.8 Å². The van der Waals surface area contributed by atoms with Gasteiger partial charge in [-0.1, -0.05) is 30.9 Å². The van der Waals surface area contributed by atoms with Gasteiger partial charge < -0.3 is 10.2 Å². The molecular formula is C18H31N3O2. The van der Waals surface area contributed by atoms with Crippen LogP contribution < -0.4 is 5.32 Å². The van der Waals surface area contributed by atoms with E-state index in [4.69, 9.17) is 0 Å². The number of nitrogens with one attached hydrogen (secondary N) is 1. The average Bonchev–Trinajstić information content (AvgIpc) is 2.47. The first-order valence-corrected chi connectivity index (χ1v) is 9.01. The van der Waals surface area contributed by atoms with Crippen LogP contribution >= 0.6 is 0 Å². The number of amides is 2. The zero-order valence-electron chi connectivity index (χ0n) is 14.6. The molecule has 1 N–H and O–H groups in total. The molecule has 0 aliphatic carbocycles. The Morgan fingerprint density at radius 2 is 1.78 bits per heavy atom. The molecule has 2 rings (SSSR count). The number of allylic oxidation sites excluding steroid dienone is 1. The van der Waals surface area contributed by atoms with Gasteiger partial charge in [0.15, 0.2) is 0 Å². The van der Waals surface area contributed by atoms with Crippen LogP contribution in [0.25, 0.3) is 0 Å². The predicted octanol–water partition coefficient (Wildman–Crippen LogP) is 1.94. The topological polar surface area (TPSA) is 52.7 Å². The Morgan fingerprint density at radius 1 is 1.13 bits per heavy atom. The Morgan fingerprint density at radius 3 is 2.43 bits per heavy atom. The molecule has 0 bridgehead atoms. The van der Waals surface area contributed by atoms with Crippen LogP contribution in [0.2, 0.25) is 0 Å². The summed E-state index contributed by atoms with van der Waals surface area (Å²) in [7, 11) is 0. The third kappa shape index (κ3) is 5.65. The molecule has 2 fully saturated rings. The fraction of sp³-hybridized carbons (Fsp3) is 0.778. The van der Waals surface area contributed by atoms with E-state index in [0.717, 1.165) is 39.0 Å². The number of hydrogen-bond acceptors (Lipinski definition) is 3. The fourth-order valence-corrected chi connectivity index (χ4v) is 3.29. The van der Waals surface area contributed by atoms with Gasteiger partial charge in [0.25, 0.3) is 0 Å². The predicted molar refractivity (Wildman–Crippen MR) is 92.1 cm³/mol. The van der Waals surface area contributed by atoms with E-state index in [-0.39, 0.29) is 17.9 Å². The maximum atomic E-state index is 12.7. The molecule has 1 atom stereocenters. The first-order chi connectivity index (χ1) is 11.1. The van der Waals surface area contributed by atoms with Gasteiger partial charge in [-0.2, -0.15) is 0 Å². The van der Waals surface area contributed by atoms with E-state index in [2.05, 4.69) is 30.1 Å². The SMILES string of the molecule is CC(C)=CCN1CCNC(=O)C1CC(=O)N1CCCCCCC1. The van der Waals surface area contributed by atoms with Crippen molar-refractivity contribution in [3.05, 3.63) is 11.6 Å². The zero-order chi connectivity index (χ0) is 16.7. The number of carbonyl (C=O) groups is 2. The Hall–Kier alpha value is -1.36. The van der Waals surface area contributed by atoms with E-state index in [1.54, 1.807) is 0 Å². The molecule has 0 saturated carbocycles. The highest BCUT2D eigenvalue weighted by Gasteiger charge is 2.32. The van der Waals surface area contributed by atoms with E-state index in [1.165, 1.54) is 24.8 Å². The summed E-state index contributed by atoms with van der Waals surface area (Å²) in [5.41, 5.74) is 1.24. The van der Waals surface area contributed by atoms with Crippen LogP contribution in [0.1, 0.15) is 52.4 Å². The van der Waals surface area contributed by atoms with Crippen molar-refractivity contribution in [2.24, 2.45) is 0 Å². The molecule has 2 aliphatic heterocycles. The van der Waals surface area contributed by atoms with Crippen molar-refractivity contribution in [1.29, 1.82) is 0 Å². The van der Waals surface area contributed by atoms with E-state index in [1.807, 2.05) is 4.90 Å². The van der Waals surface area contributed by atoms with Crippen molar-refractivity contribution in [2.75, 3.05) is 32.7 Å². The maximum absolute atomic E-state index is 12.7. The van der Waals surface area contributed by atoms with E-state index in [9.17, 15) is 9.59 Å². The highest BCUT2D eigenvalue weighted by Crippen LogP contribution is 2.15. The molecule has 0 spiro atoms. The second-order valence-electron chi connectivity index (χ2n) is 6.94. The van der Waals surface area contributed by atoms with Gasteiger partial charge in [-0.15, -0.1) is 0 Å². The standard InChI is InChI=1S/C18H31N3O2/c1-15(2)8-12-20-13-9-19-18(23)16(20)14-17(22)21-10-6-4-3-5-7-11-21/h8,16H,3-7,9-14H2,1-2H3,(H,19,23). The van der Waals surface area contributed by atoms with Gasteiger partial charge in [-0.05, 0) is 26.7 Å². The quantitative estimate of drug-likeness (QED) is 0.805. The fourth-order valence-electron chi connectivity index (χ4n) is 3.29. The highest BCUT2D eigenvalue weighted by atomic mass is 16.2. The monoisotopic (exact) mass is 321 g/mol. The van der Waals surface area contributed by atoms with Gasteiger partial charge in [0.05, 0.1) is 12.5 Å². The normalized spacial score (nSPS) is 23.7. The highest BCUT2D eigenvalue weighted by molar-refractivity contribution is 5.88. The summed E-state index contributed by atoms with van der Waals surface area (Å²) >= 11 is 0. The number of carbonyl (C=O) groups excluding carboxylic acids is 2. The van der Waals surface area contributed by atoms with Crippen molar-refractivity contribution >= 4 is 11.8 Å². The lowest BCUT2D eigenvalue weighted by atomic mass is 10.1. The van der Waals surface area contributed by atoms with Gasteiger partial charge in [-0.3, -0.25) is 14.5 Å². The molecule has 2 amide bonds. The zero-order valence-corrected chi connectivity index (χ0v) is 14.6. The number of hydrogen-bond donors (Lipinski definition) is 1. The Labute approximate surface area is 140 Å². The van der Waals surface area contributed by atoms with Gasteiger partial charge in [-0.25, -0.2) is 0 Å². The Kier molecular flexibility index (Phi) is 7.09. The third-order valence-corrected chi connectivity index (χ3v) is 4.75. The molecule has 0 aromatic carbocycles. The van der Waals surface area contributed by atoms with Gasteiger partial charge in [0.1, 0.15) is 0 Å². The van der Waals surface area contributed by atoms with Crippen molar-refractivity contribution in [2.45, 2.75) is 58.4 Å². The van der Waals surface area contributed by atoms with Crippen molar-refractivity contribution in [3.63, 3.8) is 0 Å². The Bertz CT molecular complexity index is 436. The lowest BCUT2D eigenvalue weighted by molar-refractivity contribution is -0.138. The van der Waals surface area contributed by atoms with Gasteiger partial charge >= 0.3 is 0 Å². The summed E-state index contributed by atoms with van der Waals surface area (Å²) < 4.78 is 0. The van der Waals surface area contributed by atoms with Crippen LogP contribution in [0.4, 0.5) is 0 Å². The van der Waals surface area contributed by atoms with Crippen LogP contribution in [0.15, 0.2) is 11.6 Å². The molecule has 0 aromatic heterocycles. The van der Waals surface area contributed by atoms with Crippen molar-refractivity contribution in [3.8, 4) is 0 Å². The second-order valence-corrected chi connectivity index (χ2v) is 6.94. The molecule has 2 heterocycles. The van der Waals surface area contributed by atoms with Crippen LogP contribution in [0.5, 0.6) is 0 Å². The summed E-state index contributed by atoms with van der Waals surface area (Å²) in [6.07, 6.45) is 8.31. The lowest BCUT2D eigenvalue weighted by Crippen LogP contribution is -2.56. The maximum Gasteiger partial charge on any atom is 0.237 e. The minimum absolute atomic E-state index is 0.00111. The first kappa shape index (κ1) is 18.0. The van der Waals surface area contributed by atoms with Crippen molar-refractivity contribution in [1.82, 2.24) is 15.1 Å². The molecule has 2 aliphatic rings. The lowest BCUT2D eigenvalue weighted by Gasteiger charge is -2.35. The average molecular weight is 321 g/mol. The van der Waals surface area contributed by atoms with Crippen LogP contribution in [-0.2, 0) is 9.59 Å². The van der Waals surface area contributed by atoms with E-state index in [0.29, 0.717) is 13.0 Å². The minimum atomic E-state index is -0.322. The summed E-state index contributed by atoms with van der Waals surface area (Å²) in [4.78, 5) is 29.0. The molecular weight excluding hydrogens is 290 g/mol. The summed E-state index contributed by atoms with van der Waals surface area (Å²) in [5.74, 6) is 0.134. The summed E-state index contributed by atoms with van der Waals surface area (Å²) in [5, 5.41) is 2.91. The van der Waals surface area contributed by atoms with E-state index < -0.39 is 0 Å². The molecule has 1 unspecified atom stereocenters. The van der Waals surface area contributed by atoms with Crippen LogP contribution in [0, 0.1) is 0 Å². The number of likely N-dealkylation sites (tertiary alicyclic amines) is 1. The summed E-state index contributed by atoms with van der Waals surface area (Å²) in [6.45, 7) is 8.04. The van der Waals surface area contributed by atoms with Crippen LogP contribution in [0.3, 0.4) is 0 Å². The molecule has 5 heteroatoms. The third-order valence-electron chi connectivity index (χ3n) is 4.75. The van der Waals surface area contributed by atoms with Crippen LogP contribution in [-0.4, -0.2) is 60.4 Å². The molecule has 0 radical (unpaired) electrons. The molecule has 2 saturated heterocycles. The summed E-state index contributed by atoms with van der Waals surface area (Å²) in [6, 6.07) is -0.322. The van der Waals surface area contributed by atoms with E-state index >= 15 is 0 Å². The molecule has 130 valence electrons. The van der Waals surface area contributed by atoms with Gasteiger partial charge in [0, 0.05) is 32.7 Å². The number of nitrogens with zero attached hydrogens (tertiary/aromatic N) is 2. The minimum Gasteiger partial charge on any atom is -0.353 e. The molecule has 5 nitrogen and oxygen atoms in total. The second kappa shape index (κ2) is 9.06. The largest absolute Gasteiger partial charge is 0.353 e. The number of rotatable bonds is 4. The van der Waals surface area contributed by atoms with Crippen molar-refractivity contribution < 1.29 is 9.59 Å². The number of piperazine rings is 1. The molecule has 23 heavy (non-hydrogen) atoms. The first-order valence-electron chi connectivity index (χ1n) is 9.01.